The van der Waals surface area contributed by atoms with E-state index in [4.69, 9.17) is 0 Å². The molecule has 1 aromatic rings. The fourth-order valence-corrected chi connectivity index (χ4v) is 5.11. The van der Waals surface area contributed by atoms with Crippen molar-refractivity contribution in [2.45, 2.75) is 37.7 Å². The molecule has 1 N–H and O–H groups in total. The number of aliphatic hydroxyl groups is 1. The minimum absolute atomic E-state index is 0.418. The number of hydrogen-bond acceptors (Lipinski definition) is 2. The van der Waals surface area contributed by atoms with Crippen molar-refractivity contribution in [2.24, 2.45) is 17.8 Å². The van der Waals surface area contributed by atoms with Crippen LogP contribution in [0.1, 0.15) is 37.7 Å². The molecule has 1 aromatic carbocycles. The summed E-state index contributed by atoms with van der Waals surface area (Å²) in [4.78, 5) is 2.65. The van der Waals surface area contributed by atoms with Gasteiger partial charge in [0.05, 0.1) is 5.60 Å². The third kappa shape index (κ3) is 2.66. The van der Waals surface area contributed by atoms with Crippen LogP contribution in [0.15, 0.2) is 24.3 Å². The molecular formula is C18H24INO. The molecular weight excluding hydrogens is 373 g/mol. The summed E-state index contributed by atoms with van der Waals surface area (Å²) >= 11 is 2.36. The van der Waals surface area contributed by atoms with E-state index in [2.05, 4.69) is 51.8 Å². The molecule has 1 unspecified atom stereocenters. The van der Waals surface area contributed by atoms with Crippen molar-refractivity contribution in [3.05, 3.63) is 33.4 Å². The lowest BCUT2D eigenvalue weighted by Gasteiger charge is -2.53. The van der Waals surface area contributed by atoms with Gasteiger partial charge in [0.15, 0.2) is 0 Å². The van der Waals surface area contributed by atoms with Crippen LogP contribution in [0.4, 0.5) is 0 Å². The van der Waals surface area contributed by atoms with Gasteiger partial charge in [0.2, 0.25) is 0 Å². The highest BCUT2D eigenvalue weighted by Gasteiger charge is 2.51. The number of halogens is 1. The van der Waals surface area contributed by atoms with Crippen molar-refractivity contribution in [1.29, 1.82) is 0 Å². The fraction of sp³-hybridized carbons (Fsp3) is 0.667. The molecule has 0 spiro atoms. The third-order valence-corrected chi connectivity index (χ3v) is 6.48. The van der Waals surface area contributed by atoms with Crippen LogP contribution in [0.5, 0.6) is 0 Å². The Kier molecular flexibility index (Phi) is 3.79. The fourth-order valence-electron chi connectivity index (χ4n) is 4.57. The molecule has 2 nitrogen and oxygen atoms in total. The first kappa shape index (κ1) is 14.5. The SMILES string of the molecule is OC1(c2cccc(I)c2)[C@@H]2CCC[C@H]1CN(CC1CC1)C2. The van der Waals surface area contributed by atoms with E-state index >= 15 is 0 Å². The molecule has 0 aromatic heterocycles. The zero-order chi connectivity index (χ0) is 14.4. The molecule has 0 radical (unpaired) electrons. The number of likely N-dealkylation sites (tertiary alicyclic amines) is 1. The van der Waals surface area contributed by atoms with E-state index in [9.17, 15) is 5.11 Å². The molecule has 1 aliphatic heterocycles. The summed E-state index contributed by atoms with van der Waals surface area (Å²) in [5, 5.41) is 11.6. The maximum atomic E-state index is 11.6. The average Bonchev–Trinajstić information content (AvgIpc) is 3.24. The quantitative estimate of drug-likeness (QED) is 0.788. The van der Waals surface area contributed by atoms with Gasteiger partial charge in [-0.1, -0.05) is 18.6 Å². The van der Waals surface area contributed by atoms with Gasteiger partial charge in [-0.05, 0) is 71.9 Å². The largest absolute Gasteiger partial charge is 0.384 e. The van der Waals surface area contributed by atoms with Crippen LogP contribution in [0, 0.1) is 21.3 Å². The molecule has 3 fully saturated rings. The number of piperidine rings is 1. The molecule has 1 saturated heterocycles. The number of hydrogen-bond donors (Lipinski definition) is 1. The molecule has 3 atom stereocenters. The Morgan fingerprint density at radius 2 is 1.86 bits per heavy atom. The molecule has 2 aliphatic carbocycles. The highest BCUT2D eigenvalue weighted by molar-refractivity contribution is 14.1. The van der Waals surface area contributed by atoms with Gasteiger partial charge in [0.1, 0.15) is 0 Å². The molecule has 2 saturated carbocycles. The summed E-state index contributed by atoms with van der Waals surface area (Å²) in [5.74, 6) is 1.79. The maximum absolute atomic E-state index is 11.6. The van der Waals surface area contributed by atoms with E-state index in [1.54, 1.807) is 0 Å². The molecule has 0 amide bonds. The minimum atomic E-state index is -0.584. The van der Waals surface area contributed by atoms with Crippen LogP contribution in [-0.4, -0.2) is 29.6 Å². The van der Waals surface area contributed by atoms with Crippen LogP contribution >= 0.6 is 22.6 Å². The first-order chi connectivity index (χ1) is 10.2. The van der Waals surface area contributed by atoms with Crippen molar-refractivity contribution < 1.29 is 5.11 Å². The van der Waals surface area contributed by atoms with Crippen molar-refractivity contribution in [3.63, 3.8) is 0 Å². The summed E-state index contributed by atoms with van der Waals surface area (Å²) in [5.41, 5.74) is 0.578. The molecule has 1 heterocycles. The van der Waals surface area contributed by atoms with Gasteiger partial charge in [0.25, 0.3) is 0 Å². The van der Waals surface area contributed by atoms with Crippen LogP contribution in [0.25, 0.3) is 0 Å². The first-order valence-electron chi connectivity index (χ1n) is 8.37. The highest BCUT2D eigenvalue weighted by atomic mass is 127. The number of benzene rings is 1. The van der Waals surface area contributed by atoms with Crippen LogP contribution in [0.3, 0.4) is 0 Å². The Labute approximate surface area is 141 Å². The second kappa shape index (κ2) is 5.50. The zero-order valence-corrected chi connectivity index (χ0v) is 14.6. The lowest BCUT2D eigenvalue weighted by atomic mass is 9.62. The Bertz CT molecular complexity index is 514. The number of nitrogens with zero attached hydrogens (tertiary/aromatic N) is 1. The molecule has 21 heavy (non-hydrogen) atoms. The van der Waals surface area contributed by atoms with Crippen LogP contribution < -0.4 is 0 Å². The highest BCUT2D eigenvalue weighted by Crippen LogP contribution is 2.49. The Hall–Kier alpha value is -0.130. The molecule has 4 rings (SSSR count). The summed E-state index contributed by atoms with van der Waals surface area (Å²) < 4.78 is 1.23. The lowest BCUT2D eigenvalue weighted by molar-refractivity contribution is -0.147. The molecule has 3 heteroatoms. The number of fused-ring (bicyclic) bond motifs is 2. The van der Waals surface area contributed by atoms with Gasteiger partial charge in [-0.2, -0.15) is 0 Å². The van der Waals surface area contributed by atoms with Gasteiger partial charge >= 0.3 is 0 Å². The van der Waals surface area contributed by atoms with Gasteiger partial charge in [-0.25, -0.2) is 0 Å². The van der Waals surface area contributed by atoms with Crippen molar-refractivity contribution in [2.75, 3.05) is 19.6 Å². The van der Waals surface area contributed by atoms with E-state index in [1.165, 1.54) is 42.2 Å². The van der Waals surface area contributed by atoms with Gasteiger partial charge in [-0.15, -0.1) is 0 Å². The van der Waals surface area contributed by atoms with Gasteiger partial charge in [0, 0.05) is 35.0 Å². The topological polar surface area (TPSA) is 23.5 Å². The Balaban J connectivity index is 1.62. The second-order valence-corrected chi connectivity index (χ2v) is 8.57. The summed E-state index contributed by atoms with van der Waals surface area (Å²) in [7, 11) is 0. The minimum Gasteiger partial charge on any atom is -0.384 e. The average molecular weight is 397 g/mol. The van der Waals surface area contributed by atoms with Gasteiger partial charge < -0.3 is 10.0 Å². The molecule has 2 bridgehead atoms. The molecule has 3 aliphatic rings. The first-order valence-corrected chi connectivity index (χ1v) is 9.45. The smallest absolute Gasteiger partial charge is 0.0977 e. The van der Waals surface area contributed by atoms with E-state index in [0.29, 0.717) is 11.8 Å². The third-order valence-electron chi connectivity index (χ3n) is 5.81. The Morgan fingerprint density at radius 1 is 1.14 bits per heavy atom. The monoisotopic (exact) mass is 397 g/mol. The van der Waals surface area contributed by atoms with E-state index < -0.39 is 5.60 Å². The Morgan fingerprint density at radius 3 is 2.48 bits per heavy atom. The van der Waals surface area contributed by atoms with Gasteiger partial charge in [-0.3, -0.25) is 0 Å². The van der Waals surface area contributed by atoms with Crippen molar-refractivity contribution in [3.8, 4) is 0 Å². The van der Waals surface area contributed by atoms with Crippen LogP contribution in [-0.2, 0) is 5.60 Å². The normalized spacial score (nSPS) is 36.7. The lowest BCUT2D eigenvalue weighted by Crippen LogP contribution is -2.58. The van der Waals surface area contributed by atoms with E-state index in [0.717, 1.165) is 24.6 Å². The van der Waals surface area contributed by atoms with E-state index in [-0.39, 0.29) is 0 Å². The zero-order valence-electron chi connectivity index (χ0n) is 12.5. The summed E-state index contributed by atoms with van der Waals surface area (Å²) in [6.45, 7) is 3.46. The second-order valence-electron chi connectivity index (χ2n) is 7.32. The van der Waals surface area contributed by atoms with E-state index in [1.807, 2.05) is 0 Å². The number of rotatable bonds is 3. The van der Waals surface area contributed by atoms with Crippen molar-refractivity contribution >= 4 is 22.6 Å². The predicted octanol–water partition coefficient (Wildman–Crippen LogP) is 3.62. The van der Waals surface area contributed by atoms with Crippen LogP contribution in [0.2, 0.25) is 0 Å². The maximum Gasteiger partial charge on any atom is 0.0977 e. The van der Waals surface area contributed by atoms with Crippen molar-refractivity contribution in [1.82, 2.24) is 4.90 Å². The standard InChI is InChI=1S/C18H24INO/c19-17-6-2-3-14(9-17)18(21)15-4-1-5-16(18)12-20(11-15)10-13-7-8-13/h2-3,6,9,13,15-16,21H,1,4-5,7-8,10-12H2/t15-,16+,18?. The summed E-state index contributed by atoms with van der Waals surface area (Å²) in [6, 6.07) is 8.55. The summed E-state index contributed by atoms with van der Waals surface area (Å²) in [6.07, 6.45) is 6.50. The predicted molar refractivity (Wildman–Crippen MR) is 93.1 cm³/mol. The molecule has 114 valence electrons.